The summed E-state index contributed by atoms with van der Waals surface area (Å²) in [6, 6.07) is 20.6. The van der Waals surface area contributed by atoms with E-state index < -0.39 is 5.97 Å². The number of hydrogen-bond donors (Lipinski definition) is 1. The normalized spacial score (nSPS) is 10.6. The Morgan fingerprint density at radius 1 is 0.913 bits per heavy atom. The summed E-state index contributed by atoms with van der Waals surface area (Å²) in [7, 11) is 0. The number of carboxylic acids is 1. The number of hydrogen-bond acceptors (Lipinski definition) is 3. The van der Waals surface area contributed by atoms with Crippen molar-refractivity contribution < 1.29 is 19.4 Å². The Hall–Kier alpha value is -2.85. The number of aromatic carboxylic acids is 1. The minimum atomic E-state index is -1.01. The van der Waals surface area contributed by atoms with Crippen molar-refractivity contribution in [2.24, 2.45) is 0 Å². The molecule has 0 saturated carbocycles. The SMILES string of the molecule is O=C(O)c1c(OCOCc2ccccc2)ccc2ccccc12. The van der Waals surface area contributed by atoms with Gasteiger partial charge in [0.1, 0.15) is 11.3 Å². The number of benzene rings is 3. The molecule has 0 atom stereocenters. The average Bonchev–Trinajstić information content (AvgIpc) is 2.59. The van der Waals surface area contributed by atoms with E-state index in [1.165, 1.54) is 0 Å². The Kier molecular flexibility index (Phi) is 4.54. The molecule has 3 aromatic carbocycles. The molecule has 0 radical (unpaired) electrons. The maximum atomic E-state index is 11.6. The topological polar surface area (TPSA) is 55.8 Å². The van der Waals surface area contributed by atoms with Crippen molar-refractivity contribution in [1.82, 2.24) is 0 Å². The predicted octanol–water partition coefficient (Wildman–Crippen LogP) is 4.09. The summed E-state index contributed by atoms with van der Waals surface area (Å²) >= 11 is 0. The van der Waals surface area contributed by atoms with Gasteiger partial charge in [-0.15, -0.1) is 0 Å². The maximum Gasteiger partial charge on any atom is 0.340 e. The number of fused-ring (bicyclic) bond motifs is 1. The minimum absolute atomic E-state index is 0.00643. The van der Waals surface area contributed by atoms with E-state index in [2.05, 4.69) is 0 Å². The van der Waals surface area contributed by atoms with Crippen molar-refractivity contribution in [2.45, 2.75) is 6.61 Å². The van der Waals surface area contributed by atoms with E-state index in [4.69, 9.17) is 9.47 Å². The quantitative estimate of drug-likeness (QED) is 0.550. The maximum absolute atomic E-state index is 11.6. The summed E-state index contributed by atoms with van der Waals surface area (Å²) in [5.41, 5.74) is 1.19. The highest BCUT2D eigenvalue weighted by Gasteiger charge is 2.15. The first kappa shape index (κ1) is 15.1. The van der Waals surface area contributed by atoms with E-state index in [1.807, 2.05) is 54.6 Å². The van der Waals surface area contributed by atoms with Crippen LogP contribution in [-0.4, -0.2) is 17.9 Å². The molecular weight excluding hydrogens is 292 g/mol. The van der Waals surface area contributed by atoms with Crippen molar-refractivity contribution in [2.75, 3.05) is 6.79 Å². The van der Waals surface area contributed by atoms with E-state index in [9.17, 15) is 9.90 Å². The summed E-state index contributed by atoms with van der Waals surface area (Å²) in [6.45, 7) is 0.407. The molecule has 0 aromatic heterocycles. The van der Waals surface area contributed by atoms with Crippen LogP contribution in [0, 0.1) is 0 Å². The van der Waals surface area contributed by atoms with Gasteiger partial charge >= 0.3 is 5.97 Å². The highest BCUT2D eigenvalue weighted by atomic mass is 16.7. The van der Waals surface area contributed by atoms with Crippen LogP contribution in [0.1, 0.15) is 15.9 Å². The second-order valence-electron chi connectivity index (χ2n) is 5.06. The van der Waals surface area contributed by atoms with Crippen molar-refractivity contribution >= 4 is 16.7 Å². The largest absolute Gasteiger partial charge is 0.478 e. The Morgan fingerprint density at radius 2 is 1.65 bits per heavy atom. The van der Waals surface area contributed by atoms with Crippen LogP contribution in [0.3, 0.4) is 0 Å². The molecule has 0 aliphatic carbocycles. The fourth-order valence-electron chi connectivity index (χ4n) is 2.43. The van der Waals surface area contributed by atoms with E-state index in [-0.39, 0.29) is 12.4 Å². The lowest BCUT2D eigenvalue weighted by Crippen LogP contribution is -2.07. The lowest BCUT2D eigenvalue weighted by Gasteiger charge is -2.12. The average molecular weight is 308 g/mol. The van der Waals surface area contributed by atoms with Crippen LogP contribution in [-0.2, 0) is 11.3 Å². The van der Waals surface area contributed by atoms with Crippen LogP contribution in [0.2, 0.25) is 0 Å². The van der Waals surface area contributed by atoms with Crippen molar-refractivity contribution in [3.63, 3.8) is 0 Å². The third-order valence-electron chi connectivity index (χ3n) is 3.51. The van der Waals surface area contributed by atoms with Gasteiger partial charge in [0, 0.05) is 0 Å². The van der Waals surface area contributed by atoms with E-state index in [0.717, 1.165) is 10.9 Å². The van der Waals surface area contributed by atoms with Gasteiger partial charge in [0.15, 0.2) is 6.79 Å². The predicted molar refractivity (Wildman–Crippen MR) is 87.6 cm³/mol. The molecule has 3 aromatic rings. The molecule has 116 valence electrons. The third-order valence-corrected chi connectivity index (χ3v) is 3.51. The highest BCUT2D eigenvalue weighted by molar-refractivity contribution is 6.06. The van der Waals surface area contributed by atoms with Gasteiger partial charge in [-0.25, -0.2) is 4.79 Å². The van der Waals surface area contributed by atoms with Gasteiger partial charge in [-0.1, -0.05) is 60.7 Å². The smallest absolute Gasteiger partial charge is 0.340 e. The van der Waals surface area contributed by atoms with Gasteiger partial charge < -0.3 is 14.6 Å². The van der Waals surface area contributed by atoms with Crippen LogP contribution >= 0.6 is 0 Å². The minimum Gasteiger partial charge on any atom is -0.478 e. The van der Waals surface area contributed by atoms with Crippen LogP contribution in [0.5, 0.6) is 5.75 Å². The summed E-state index contributed by atoms with van der Waals surface area (Å²) < 4.78 is 11.0. The number of ether oxygens (including phenoxy) is 2. The molecule has 0 heterocycles. The molecule has 0 amide bonds. The second-order valence-corrected chi connectivity index (χ2v) is 5.06. The van der Waals surface area contributed by atoms with Crippen LogP contribution < -0.4 is 4.74 Å². The lowest BCUT2D eigenvalue weighted by atomic mass is 10.0. The van der Waals surface area contributed by atoms with Gasteiger partial charge in [0.05, 0.1) is 6.61 Å². The van der Waals surface area contributed by atoms with Crippen LogP contribution in [0.4, 0.5) is 0 Å². The standard InChI is InChI=1S/C19H16O4/c20-19(21)18-16-9-5-4-8-15(16)10-11-17(18)23-13-22-12-14-6-2-1-3-7-14/h1-11H,12-13H2,(H,20,21). The molecule has 0 spiro atoms. The summed E-state index contributed by atoms with van der Waals surface area (Å²) in [5, 5.41) is 11.0. The van der Waals surface area contributed by atoms with Crippen LogP contribution in [0.15, 0.2) is 66.7 Å². The van der Waals surface area contributed by atoms with E-state index >= 15 is 0 Å². The van der Waals surface area contributed by atoms with E-state index in [1.54, 1.807) is 12.1 Å². The number of carbonyl (C=O) groups is 1. The molecule has 0 saturated heterocycles. The fourth-order valence-corrected chi connectivity index (χ4v) is 2.43. The fraction of sp³-hybridized carbons (Fsp3) is 0.105. The molecule has 3 rings (SSSR count). The first-order valence-corrected chi connectivity index (χ1v) is 7.25. The molecular formula is C19H16O4. The van der Waals surface area contributed by atoms with Gasteiger partial charge in [0.25, 0.3) is 0 Å². The lowest BCUT2D eigenvalue weighted by molar-refractivity contribution is 0.00442. The highest BCUT2D eigenvalue weighted by Crippen LogP contribution is 2.28. The summed E-state index contributed by atoms with van der Waals surface area (Å²) in [5.74, 6) is -0.705. The van der Waals surface area contributed by atoms with Gasteiger partial charge in [-0.05, 0) is 22.4 Å². The molecule has 23 heavy (non-hydrogen) atoms. The molecule has 0 unspecified atom stereocenters. The van der Waals surface area contributed by atoms with Crippen molar-refractivity contribution in [3.8, 4) is 5.75 Å². The first-order valence-electron chi connectivity index (χ1n) is 7.25. The molecule has 1 N–H and O–H groups in total. The zero-order chi connectivity index (χ0) is 16.1. The molecule has 0 aliphatic heterocycles. The Labute approximate surface area is 133 Å². The summed E-state index contributed by atoms with van der Waals surface area (Å²) in [6.07, 6.45) is 0. The number of carboxylic acid groups (broad SMARTS) is 1. The number of rotatable bonds is 6. The van der Waals surface area contributed by atoms with Gasteiger partial charge in [0.2, 0.25) is 0 Å². The Bertz CT molecular complexity index is 812. The Morgan fingerprint density at radius 3 is 2.43 bits per heavy atom. The molecule has 0 aliphatic rings. The molecule has 4 heteroatoms. The molecule has 4 nitrogen and oxygen atoms in total. The zero-order valence-corrected chi connectivity index (χ0v) is 12.4. The zero-order valence-electron chi connectivity index (χ0n) is 12.4. The van der Waals surface area contributed by atoms with Crippen LogP contribution in [0.25, 0.3) is 10.8 Å². The van der Waals surface area contributed by atoms with E-state index in [0.29, 0.717) is 17.7 Å². The summed E-state index contributed by atoms with van der Waals surface area (Å²) in [4.78, 5) is 11.6. The van der Waals surface area contributed by atoms with Gasteiger partial charge in [-0.2, -0.15) is 0 Å². The second kappa shape index (κ2) is 6.94. The first-order chi connectivity index (χ1) is 11.3. The molecule has 0 fully saturated rings. The Balaban J connectivity index is 1.72. The van der Waals surface area contributed by atoms with Crippen molar-refractivity contribution in [3.05, 3.63) is 77.9 Å². The monoisotopic (exact) mass is 308 g/mol. The van der Waals surface area contributed by atoms with Gasteiger partial charge in [-0.3, -0.25) is 0 Å². The third kappa shape index (κ3) is 3.49. The van der Waals surface area contributed by atoms with Crippen molar-refractivity contribution in [1.29, 1.82) is 0 Å². The molecule has 0 bridgehead atoms.